The van der Waals surface area contributed by atoms with Crippen molar-refractivity contribution < 1.29 is 4.79 Å². The Kier molecular flexibility index (Phi) is 3.88. The van der Waals surface area contributed by atoms with Crippen LogP contribution in [0.25, 0.3) is 0 Å². The summed E-state index contributed by atoms with van der Waals surface area (Å²) in [6.45, 7) is 2.11. The van der Waals surface area contributed by atoms with E-state index in [-0.39, 0.29) is 6.03 Å². The van der Waals surface area contributed by atoms with Gasteiger partial charge in [0.1, 0.15) is 5.00 Å². The fourth-order valence-corrected chi connectivity index (χ4v) is 1.64. The molecule has 0 aliphatic carbocycles. The SMILES string of the molecule is CCCc1cc(NC(=O)N(C)C)sn1. The molecule has 0 spiro atoms. The topological polar surface area (TPSA) is 45.2 Å². The Morgan fingerprint density at radius 1 is 1.64 bits per heavy atom. The van der Waals surface area contributed by atoms with Gasteiger partial charge in [0.05, 0.1) is 5.69 Å². The van der Waals surface area contributed by atoms with E-state index in [0.717, 1.165) is 23.5 Å². The van der Waals surface area contributed by atoms with Crippen molar-refractivity contribution in [2.24, 2.45) is 0 Å². The summed E-state index contributed by atoms with van der Waals surface area (Å²) in [5, 5.41) is 3.58. The maximum Gasteiger partial charge on any atom is 0.321 e. The van der Waals surface area contributed by atoms with Gasteiger partial charge in [-0.25, -0.2) is 4.79 Å². The molecule has 5 heteroatoms. The minimum atomic E-state index is -0.114. The van der Waals surface area contributed by atoms with Gasteiger partial charge >= 0.3 is 6.03 Å². The van der Waals surface area contributed by atoms with Crippen LogP contribution in [0.15, 0.2) is 6.07 Å². The van der Waals surface area contributed by atoms with E-state index in [0.29, 0.717) is 0 Å². The van der Waals surface area contributed by atoms with Crippen LogP contribution in [0.1, 0.15) is 19.0 Å². The number of urea groups is 1. The molecular formula is C9H15N3OS. The quantitative estimate of drug-likeness (QED) is 0.836. The monoisotopic (exact) mass is 213 g/mol. The van der Waals surface area contributed by atoms with E-state index >= 15 is 0 Å². The summed E-state index contributed by atoms with van der Waals surface area (Å²) in [4.78, 5) is 12.8. The van der Waals surface area contributed by atoms with Crippen molar-refractivity contribution in [1.82, 2.24) is 9.27 Å². The average Bonchev–Trinajstić information content (AvgIpc) is 2.53. The highest BCUT2D eigenvalue weighted by Crippen LogP contribution is 2.17. The molecule has 0 aliphatic rings. The van der Waals surface area contributed by atoms with Crippen LogP contribution in [0, 0.1) is 0 Å². The number of carbonyl (C=O) groups excluding carboxylic acids is 1. The average molecular weight is 213 g/mol. The van der Waals surface area contributed by atoms with E-state index < -0.39 is 0 Å². The zero-order chi connectivity index (χ0) is 10.6. The highest BCUT2D eigenvalue weighted by atomic mass is 32.1. The van der Waals surface area contributed by atoms with Crippen LogP contribution in [-0.4, -0.2) is 29.4 Å². The molecule has 0 aromatic carbocycles. The first-order valence-electron chi connectivity index (χ1n) is 4.57. The first-order chi connectivity index (χ1) is 6.63. The number of carbonyl (C=O) groups is 1. The summed E-state index contributed by atoms with van der Waals surface area (Å²) < 4.78 is 4.23. The molecule has 0 saturated carbocycles. The summed E-state index contributed by atoms with van der Waals surface area (Å²) in [6.07, 6.45) is 2.04. The Morgan fingerprint density at radius 2 is 2.36 bits per heavy atom. The summed E-state index contributed by atoms with van der Waals surface area (Å²) in [6, 6.07) is 1.81. The number of hydrogen-bond donors (Lipinski definition) is 1. The van der Waals surface area contributed by atoms with Crippen LogP contribution in [-0.2, 0) is 6.42 Å². The van der Waals surface area contributed by atoms with E-state index in [9.17, 15) is 4.79 Å². The summed E-state index contributed by atoms with van der Waals surface area (Å²) in [5.74, 6) is 0. The third-order valence-electron chi connectivity index (χ3n) is 1.70. The minimum Gasteiger partial charge on any atom is -0.331 e. The maximum atomic E-state index is 11.3. The highest BCUT2D eigenvalue weighted by Gasteiger charge is 2.06. The second-order valence-electron chi connectivity index (χ2n) is 3.26. The molecule has 0 saturated heterocycles. The molecular weight excluding hydrogens is 198 g/mol. The summed E-state index contributed by atoms with van der Waals surface area (Å²) in [5.41, 5.74) is 1.05. The van der Waals surface area contributed by atoms with E-state index in [2.05, 4.69) is 16.6 Å². The van der Waals surface area contributed by atoms with Crippen molar-refractivity contribution in [2.45, 2.75) is 19.8 Å². The van der Waals surface area contributed by atoms with Gasteiger partial charge in [-0.2, -0.15) is 4.37 Å². The van der Waals surface area contributed by atoms with Crippen molar-refractivity contribution in [1.29, 1.82) is 0 Å². The fourth-order valence-electron chi connectivity index (χ4n) is 0.962. The molecule has 2 amide bonds. The summed E-state index contributed by atoms with van der Waals surface area (Å²) in [7, 11) is 3.42. The van der Waals surface area contributed by atoms with E-state index in [1.807, 2.05) is 6.07 Å². The molecule has 1 aromatic heterocycles. The third kappa shape index (κ3) is 2.99. The van der Waals surface area contributed by atoms with Gasteiger partial charge in [0.15, 0.2) is 0 Å². The lowest BCUT2D eigenvalue weighted by atomic mass is 10.2. The Balaban J connectivity index is 2.55. The van der Waals surface area contributed by atoms with Gasteiger partial charge in [0.2, 0.25) is 0 Å². The van der Waals surface area contributed by atoms with E-state index in [4.69, 9.17) is 0 Å². The molecule has 0 bridgehead atoms. The number of hydrogen-bond acceptors (Lipinski definition) is 3. The van der Waals surface area contributed by atoms with Gasteiger partial charge in [-0.1, -0.05) is 13.3 Å². The normalized spacial score (nSPS) is 9.93. The number of nitrogens with zero attached hydrogens (tertiary/aromatic N) is 2. The van der Waals surface area contributed by atoms with Gasteiger partial charge in [0.25, 0.3) is 0 Å². The zero-order valence-electron chi connectivity index (χ0n) is 8.70. The molecule has 1 heterocycles. The molecule has 14 heavy (non-hydrogen) atoms. The molecule has 0 fully saturated rings. The predicted octanol–water partition coefficient (Wildman–Crippen LogP) is 2.19. The Hall–Kier alpha value is -1.10. The predicted molar refractivity (Wildman–Crippen MR) is 58.8 cm³/mol. The number of rotatable bonds is 3. The van der Waals surface area contributed by atoms with Gasteiger partial charge in [-0.15, -0.1) is 0 Å². The van der Waals surface area contributed by atoms with Crippen LogP contribution >= 0.6 is 11.5 Å². The Morgan fingerprint density at radius 3 is 2.93 bits per heavy atom. The standard InChI is InChI=1S/C9H15N3OS/c1-4-5-7-6-8(14-11-7)10-9(13)12(2)3/h6H,4-5H2,1-3H3,(H,10,13). The first-order valence-corrected chi connectivity index (χ1v) is 5.34. The molecule has 1 N–H and O–H groups in total. The van der Waals surface area contributed by atoms with Gasteiger partial charge in [-0.3, -0.25) is 5.32 Å². The molecule has 1 rings (SSSR count). The minimum absolute atomic E-state index is 0.114. The van der Waals surface area contributed by atoms with Crippen LogP contribution in [0.5, 0.6) is 0 Å². The molecule has 0 atom stereocenters. The smallest absolute Gasteiger partial charge is 0.321 e. The van der Waals surface area contributed by atoms with Crippen molar-refractivity contribution in [3.63, 3.8) is 0 Å². The fraction of sp³-hybridized carbons (Fsp3) is 0.556. The molecule has 78 valence electrons. The molecule has 1 aromatic rings. The molecule has 0 unspecified atom stereocenters. The van der Waals surface area contributed by atoms with Gasteiger partial charge in [0, 0.05) is 14.1 Å². The van der Waals surface area contributed by atoms with Crippen molar-refractivity contribution >= 4 is 22.6 Å². The lowest BCUT2D eigenvalue weighted by Crippen LogP contribution is -2.26. The van der Waals surface area contributed by atoms with E-state index in [1.54, 1.807) is 14.1 Å². The highest BCUT2D eigenvalue weighted by molar-refractivity contribution is 7.10. The lowest BCUT2D eigenvalue weighted by Gasteiger charge is -2.09. The van der Waals surface area contributed by atoms with Crippen LogP contribution in [0.3, 0.4) is 0 Å². The zero-order valence-corrected chi connectivity index (χ0v) is 9.52. The van der Waals surface area contributed by atoms with Crippen molar-refractivity contribution in [3.8, 4) is 0 Å². The van der Waals surface area contributed by atoms with Crippen LogP contribution < -0.4 is 5.32 Å². The van der Waals surface area contributed by atoms with Crippen molar-refractivity contribution in [2.75, 3.05) is 19.4 Å². The maximum absolute atomic E-state index is 11.3. The first kappa shape index (κ1) is 11.0. The molecule has 0 radical (unpaired) electrons. The van der Waals surface area contributed by atoms with Crippen molar-refractivity contribution in [3.05, 3.63) is 11.8 Å². The molecule has 0 aliphatic heterocycles. The summed E-state index contributed by atoms with van der Waals surface area (Å²) >= 11 is 1.33. The number of anilines is 1. The second kappa shape index (κ2) is 4.95. The van der Waals surface area contributed by atoms with Gasteiger partial charge < -0.3 is 4.90 Å². The second-order valence-corrected chi connectivity index (χ2v) is 4.06. The van der Waals surface area contributed by atoms with Gasteiger partial charge in [-0.05, 0) is 24.0 Å². The number of amides is 2. The number of nitrogens with one attached hydrogen (secondary N) is 1. The lowest BCUT2D eigenvalue weighted by molar-refractivity contribution is 0.231. The van der Waals surface area contributed by atoms with E-state index in [1.165, 1.54) is 16.4 Å². The van der Waals surface area contributed by atoms with Crippen LogP contribution in [0.2, 0.25) is 0 Å². The largest absolute Gasteiger partial charge is 0.331 e. The number of aryl methyl sites for hydroxylation is 1. The Labute approximate surface area is 88.1 Å². The Bertz CT molecular complexity index is 309. The van der Waals surface area contributed by atoms with Crippen LogP contribution in [0.4, 0.5) is 9.80 Å². The molecule has 4 nitrogen and oxygen atoms in total. The number of aromatic nitrogens is 1. The third-order valence-corrected chi connectivity index (χ3v) is 2.44.